The summed E-state index contributed by atoms with van der Waals surface area (Å²) in [5.74, 6) is -1.86. The van der Waals surface area contributed by atoms with Gasteiger partial charge in [-0.15, -0.1) is 0 Å². The molecule has 0 spiro atoms. The van der Waals surface area contributed by atoms with Gasteiger partial charge in [0.15, 0.2) is 0 Å². The maximum atomic E-state index is 13.2. The molecule has 100 valence electrons. The Hall–Kier alpha value is -1.49. The zero-order valence-electron chi connectivity index (χ0n) is 10.6. The van der Waals surface area contributed by atoms with Crippen molar-refractivity contribution in [3.05, 3.63) is 35.4 Å². The molecular formula is C13H18F2N2O. The summed E-state index contributed by atoms with van der Waals surface area (Å²) in [7, 11) is 0. The van der Waals surface area contributed by atoms with Crippen molar-refractivity contribution in [1.82, 2.24) is 5.32 Å². The zero-order chi connectivity index (χ0) is 13.8. The summed E-state index contributed by atoms with van der Waals surface area (Å²) < 4.78 is 26.5. The monoisotopic (exact) mass is 256 g/mol. The van der Waals surface area contributed by atoms with Gasteiger partial charge >= 0.3 is 0 Å². The van der Waals surface area contributed by atoms with Crippen LogP contribution in [-0.4, -0.2) is 12.5 Å². The Morgan fingerprint density at radius 1 is 1.33 bits per heavy atom. The van der Waals surface area contributed by atoms with Crippen LogP contribution in [0.1, 0.15) is 32.3 Å². The van der Waals surface area contributed by atoms with Crippen molar-refractivity contribution in [3.63, 3.8) is 0 Å². The Balaban J connectivity index is 3.11. The van der Waals surface area contributed by atoms with Gasteiger partial charge in [0, 0.05) is 18.0 Å². The molecule has 1 aromatic carbocycles. The van der Waals surface area contributed by atoms with Crippen molar-refractivity contribution < 1.29 is 13.6 Å². The van der Waals surface area contributed by atoms with Crippen molar-refractivity contribution >= 4 is 5.91 Å². The number of amides is 1. The Morgan fingerprint density at radius 3 is 2.33 bits per heavy atom. The molecule has 3 nitrogen and oxygen atoms in total. The van der Waals surface area contributed by atoms with E-state index in [9.17, 15) is 13.6 Å². The lowest BCUT2D eigenvalue weighted by Gasteiger charge is -2.30. The fraction of sp³-hybridized carbons (Fsp3) is 0.462. The van der Waals surface area contributed by atoms with Gasteiger partial charge in [-0.2, -0.15) is 0 Å². The number of carbonyl (C=O) groups is 1. The molecule has 5 heteroatoms. The van der Waals surface area contributed by atoms with Crippen LogP contribution in [0, 0.1) is 11.6 Å². The van der Waals surface area contributed by atoms with Crippen LogP contribution in [0.3, 0.4) is 0 Å². The molecule has 0 aliphatic heterocycles. The summed E-state index contributed by atoms with van der Waals surface area (Å²) in [5, 5.41) is 3.11. The molecule has 3 N–H and O–H groups in total. The number of primary amides is 1. The first kappa shape index (κ1) is 14.6. The molecule has 0 aliphatic rings. The SMILES string of the molecule is CCCNC(C)(CC(N)=O)c1cc(F)cc(F)c1. The molecule has 18 heavy (non-hydrogen) atoms. The minimum absolute atomic E-state index is 0.0180. The van der Waals surface area contributed by atoms with Crippen molar-refractivity contribution in [2.24, 2.45) is 5.73 Å². The number of rotatable bonds is 6. The quantitative estimate of drug-likeness (QED) is 0.818. The fourth-order valence-corrected chi connectivity index (χ4v) is 1.89. The third-order valence-corrected chi connectivity index (χ3v) is 2.79. The van der Waals surface area contributed by atoms with E-state index in [1.165, 1.54) is 12.1 Å². The Morgan fingerprint density at radius 2 is 1.89 bits per heavy atom. The highest BCUT2D eigenvalue weighted by atomic mass is 19.1. The lowest BCUT2D eigenvalue weighted by atomic mass is 9.88. The van der Waals surface area contributed by atoms with E-state index in [0.29, 0.717) is 12.1 Å². The van der Waals surface area contributed by atoms with Crippen molar-refractivity contribution in [3.8, 4) is 0 Å². The fourth-order valence-electron chi connectivity index (χ4n) is 1.89. The van der Waals surface area contributed by atoms with Crippen LogP contribution in [0.15, 0.2) is 18.2 Å². The molecule has 0 heterocycles. The molecule has 1 unspecified atom stereocenters. The van der Waals surface area contributed by atoms with Gasteiger partial charge in [-0.05, 0) is 37.6 Å². The van der Waals surface area contributed by atoms with Gasteiger partial charge in [0.25, 0.3) is 0 Å². The van der Waals surface area contributed by atoms with Crippen molar-refractivity contribution in [2.75, 3.05) is 6.54 Å². The first-order chi connectivity index (χ1) is 8.37. The van der Waals surface area contributed by atoms with Gasteiger partial charge in [0.05, 0.1) is 0 Å². The van der Waals surface area contributed by atoms with E-state index in [1.807, 2.05) is 6.92 Å². The van der Waals surface area contributed by atoms with Gasteiger partial charge in [0.2, 0.25) is 5.91 Å². The summed E-state index contributed by atoms with van der Waals surface area (Å²) in [4.78, 5) is 11.1. The molecule has 1 amide bonds. The first-order valence-corrected chi connectivity index (χ1v) is 5.87. The lowest BCUT2D eigenvalue weighted by molar-refractivity contribution is -0.119. The molecule has 0 radical (unpaired) electrons. The van der Waals surface area contributed by atoms with E-state index in [2.05, 4.69) is 5.32 Å². The van der Waals surface area contributed by atoms with Crippen LogP contribution in [0.5, 0.6) is 0 Å². The van der Waals surface area contributed by atoms with Crippen LogP contribution in [0.25, 0.3) is 0 Å². The average molecular weight is 256 g/mol. The predicted molar refractivity (Wildman–Crippen MR) is 65.8 cm³/mol. The summed E-state index contributed by atoms with van der Waals surface area (Å²) in [6.45, 7) is 4.30. The second kappa shape index (κ2) is 5.91. The largest absolute Gasteiger partial charge is 0.370 e. The minimum atomic E-state index is -0.856. The lowest BCUT2D eigenvalue weighted by Crippen LogP contribution is -2.43. The molecule has 0 saturated carbocycles. The Labute approximate surface area is 105 Å². The number of carbonyl (C=O) groups excluding carboxylic acids is 1. The number of halogens is 2. The van der Waals surface area contributed by atoms with E-state index in [1.54, 1.807) is 6.92 Å². The Bertz CT molecular complexity index is 417. The molecular weight excluding hydrogens is 238 g/mol. The van der Waals surface area contributed by atoms with Crippen LogP contribution < -0.4 is 11.1 Å². The summed E-state index contributed by atoms with van der Waals surface area (Å²) in [6, 6.07) is 3.23. The maximum Gasteiger partial charge on any atom is 0.219 e. The van der Waals surface area contributed by atoms with Gasteiger partial charge < -0.3 is 11.1 Å². The molecule has 0 bridgehead atoms. The van der Waals surface area contributed by atoms with E-state index < -0.39 is 23.1 Å². The normalized spacial score (nSPS) is 14.2. The maximum absolute atomic E-state index is 13.2. The number of hydrogen-bond acceptors (Lipinski definition) is 2. The summed E-state index contributed by atoms with van der Waals surface area (Å²) >= 11 is 0. The number of nitrogens with two attached hydrogens (primary N) is 1. The second-order valence-corrected chi connectivity index (χ2v) is 4.56. The number of hydrogen-bond donors (Lipinski definition) is 2. The number of benzene rings is 1. The molecule has 0 saturated heterocycles. The first-order valence-electron chi connectivity index (χ1n) is 5.87. The topological polar surface area (TPSA) is 55.1 Å². The van der Waals surface area contributed by atoms with Gasteiger partial charge in [-0.25, -0.2) is 8.78 Å². The van der Waals surface area contributed by atoms with E-state index in [4.69, 9.17) is 5.73 Å². The highest BCUT2D eigenvalue weighted by molar-refractivity contribution is 5.75. The highest BCUT2D eigenvalue weighted by Gasteiger charge is 2.29. The summed E-state index contributed by atoms with van der Waals surface area (Å²) in [6.07, 6.45) is 0.821. The third-order valence-electron chi connectivity index (χ3n) is 2.79. The van der Waals surface area contributed by atoms with Gasteiger partial charge in [0.1, 0.15) is 11.6 Å². The second-order valence-electron chi connectivity index (χ2n) is 4.56. The van der Waals surface area contributed by atoms with E-state index in [-0.39, 0.29) is 6.42 Å². The van der Waals surface area contributed by atoms with Crippen LogP contribution >= 0.6 is 0 Å². The molecule has 0 fully saturated rings. The minimum Gasteiger partial charge on any atom is -0.370 e. The van der Waals surface area contributed by atoms with Crippen LogP contribution in [0.2, 0.25) is 0 Å². The highest BCUT2D eigenvalue weighted by Crippen LogP contribution is 2.26. The smallest absolute Gasteiger partial charge is 0.219 e. The third kappa shape index (κ3) is 3.77. The van der Waals surface area contributed by atoms with Crippen LogP contribution in [-0.2, 0) is 10.3 Å². The van der Waals surface area contributed by atoms with Gasteiger partial charge in [-0.1, -0.05) is 6.92 Å². The van der Waals surface area contributed by atoms with E-state index >= 15 is 0 Å². The van der Waals surface area contributed by atoms with Crippen molar-refractivity contribution in [1.29, 1.82) is 0 Å². The standard InChI is InChI=1S/C13H18F2N2O/c1-3-4-17-13(2,8-12(16)18)9-5-10(14)7-11(15)6-9/h5-7,17H,3-4,8H2,1-2H3,(H2,16,18). The molecule has 0 aromatic heterocycles. The van der Waals surface area contributed by atoms with Crippen LogP contribution in [0.4, 0.5) is 8.78 Å². The molecule has 1 aromatic rings. The van der Waals surface area contributed by atoms with Crippen molar-refractivity contribution in [2.45, 2.75) is 32.2 Å². The zero-order valence-corrected chi connectivity index (χ0v) is 10.6. The predicted octanol–water partition coefficient (Wildman–Crippen LogP) is 2.05. The van der Waals surface area contributed by atoms with E-state index in [0.717, 1.165) is 12.5 Å². The summed E-state index contributed by atoms with van der Waals surface area (Å²) in [5.41, 5.74) is 4.72. The molecule has 0 aliphatic carbocycles. The average Bonchev–Trinajstić information content (AvgIpc) is 2.24. The van der Waals surface area contributed by atoms with Gasteiger partial charge in [-0.3, -0.25) is 4.79 Å². The number of nitrogens with one attached hydrogen (secondary N) is 1. The Kier molecular flexibility index (Phi) is 4.78. The molecule has 1 atom stereocenters. The molecule has 1 rings (SSSR count).